The summed E-state index contributed by atoms with van der Waals surface area (Å²) < 4.78 is 11.9. The number of fused-ring (bicyclic) bond motifs is 5. The number of carbonyl (C=O) groups is 1. The predicted molar refractivity (Wildman–Crippen MR) is 97.6 cm³/mol. The highest BCUT2D eigenvalue weighted by Gasteiger charge is 2.54. The summed E-state index contributed by atoms with van der Waals surface area (Å²) >= 11 is 0. The number of allylic oxidation sites excluding steroid dienone is 2. The zero-order valence-corrected chi connectivity index (χ0v) is 14.5. The third-order valence-electron chi connectivity index (χ3n) is 5.18. The number of benzene rings is 2. The smallest absolute Gasteiger partial charge is 0.340 e. The van der Waals surface area contributed by atoms with Crippen LogP contribution < -0.4 is 4.74 Å². The Morgan fingerprint density at radius 3 is 2.15 bits per heavy atom. The summed E-state index contributed by atoms with van der Waals surface area (Å²) in [5, 5.41) is 19.8. The number of ether oxygens (including phenoxy) is 2. The maximum atomic E-state index is 12.8. The first-order valence-electron chi connectivity index (χ1n) is 8.68. The molecule has 1 atom stereocenters. The molecule has 0 amide bonds. The van der Waals surface area contributed by atoms with Crippen molar-refractivity contribution in [1.82, 2.24) is 0 Å². The van der Waals surface area contributed by atoms with Crippen molar-refractivity contribution in [2.24, 2.45) is 5.92 Å². The molecule has 2 N–H and O–H groups in total. The van der Waals surface area contributed by atoms with Crippen molar-refractivity contribution >= 4 is 5.97 Å². The van der Waals surface area contributed by atoms with E-state index in [1.807, 2.05) is 25.2 Å². The lowest BCUT2D eigenvalue weighted by Crippen LogP contribution is -2.33. The summed E-state index contributed by atoms with van der Waals surface area (Å²) in [6.45, 7) is 2.04. The van der Waals surface area contributed by atoms with Crippen molar-refractivity contribution in [3.63, 3.8) is 0 Å². The Balaban J connectivity index is 1.87. The van der Waals surface area contributed by atoms with Crippen LogP contribution >= 0.6 is 0 Å². The van der Waals surface area contributed by atoms with Gasteiger partial charge in [-0.25, -0.2) is 4.79 Å². The number of phenolic OH excluding ortho intramolecular Hbond substituents is 2. The summed E-state index contributed by atoms with van der Waals surface area (Å²) in [5.41, 5.74) is 1.28. The van der Waals surface area contributed by atoms with Gasteiger partial charge in [0.2, 0.25) is 0 Å². The largest absolute Gasteiger partial charge is 0.508 e. The normalized spacial score (nSPS) is 21.2. The lowest BCUT2D eigenvalue weighted by molar-refractivity contribution is -0.144. The summed E-state index contributed by atoms with van der Waals surface area (Å²) in [5.74, 6) is 0.597. The monoisotopic (exact) mass is 360 g/mol. The Bertz CT molecular complexity index is 1040. The highest BCUT2D eigenvalue weighted by atomic mass is 16.6. The molecule has 0 saturated carbocycles. The van der Waals surface area contributed by atoms with Gasteiger partial charge in [0, 0.05) is 28.8 Å². The van der Waals surface area contributed by atoms with E-state index in [4.69, 9.17) is 9.47 Å². The maximum absolute atomic E-state index is 12.8. The fraction of sp³-hybridized carbons (Fsp3) is 0.136. The van der Waals surface area contributed by atoms with Gasteiger partial charge in [0.05, 0.1) is 5.57 Å². The lowest BCUT2D eigenvalue weighted by atomic mass is 9.77. The summed E-state index contributed by atoms with van der Waals surface area (Å²) in [4.78, 5) is 12.8. The van der Waals surface area contributed by atoms with E-state index >= 15 is 0 Å². The third-order valence-corrected chi connectivity index (χ3v) is 5.18. The highest BCUT2D eigenvalue weighted by Crippen LogP contribution is 2.57. The van der Waals surface area contributed by atoms with Crippen LogP contribution in [0.1, 0.15) is 18.1 Å². The maximum Gasteiger partial charge on any atom is 0.340 e. The number of rotatable bonds is 0. The first-order chi connectivity index (χ1) is 13.0. The lowest BCUT2D eigenvalue weighted by Gasteiger charge is -2.37. The summed E-state index contributed by atoms with van der Waals surface area (Å²) in [6, 6.07) is 9.46. The molecule has 5 nitrogen and oxygen atoms in total. The van der Waals surface area contributed by atoms with Crippen LogP contribution in [-0.2, 0) is 15.1 Å². The number of aromatic hydroxyl groups is 2. The van der Waals surface area contributed by atoms with E-state index in [-0.39, 0.29) is 17.4 Å². The van der Waals surface area contributed by atoms with Crippen LogP contribution in [0.3, 0.4) is 0 Å². The molecule has 0 aromatic heterocycles. The number of hydrogen-bond acceptors (Lipinski definition) is 5. The van der Waals surface area contributed by atoms with Crippen molar-refractivity contribution in [2.75, 3.05) is 0 Å². The molecular formula is C22H16O5. The second-order valence-electron chi connectivity index (χ2n) is 6.94. The second-order valence-corrected chi connectivity index (χ2v) is 6.94. The molecule has 0 fully saturated rings. The quantitative estimate of drug-likeness (QED) is 0.693. The molecule has 1 spiro atoms. The fourth-order valence-corrected chi connectivity index (χ4v) is 3.91. The number of carbonyl (C=O) groups excluding carboxylic acids is 1. The van der Waals surface area contributed by atoms with Crippen LogP contribution in [0.2, 0.25) is 0 Å². The summed E-state index contributed by atoms with van der Waals surface area (Å²) in [6.07, 6.45) is 7.68. The Kier molecular flexibility index (Phi) is 3.07. The van der Waals surface area contributed by atoms with Gasteiger partial charge in [-0.1, -0.05) is 31.2 Å². The van der Waals surface area contributed by atoms with Crippen molar-refractivity contribution < 1.29 is 24.5 Å². The molecule has 5 rings (SSSR count). The van der Waals surface area contributed by atoms with E-state index in [9.17, 15) is 15.0 Å². The molecule has 2 heterocycles. The molecule has 1 unspecified atom stereocenters. The van der Waals surface area contributed by atoms with Gasteiger partial charge in [0.15, 0.2) is 5.60 Å². The third kappa shape index (κ3) is 2.08. The Hall–Kier alpha value is -3.47. The first kappa shape index (κ1) is 15.8. The Morgan fingerprint density at radius 1 is 0.926 bits per heavy atom. The van der Waals surface area contributed by atoms with E-state index in [1.54, 1.807) is 30.3 Å². The zero-order chi connectivity index (χ0) is 18.8. The van der Waals surface area contributed by atoms with E-state index in [1.165, 1.54) is 12.1 Å². The summed E-state index contributed by atoms with van der Waals surface area (Å²) in [7, 11) is 0. The average molecular weight is 360 g/mol. The average Bonchev–Trinajstić information content (AvgIpc) is 2.75. The zero-order valence-electron chi connectivity index (χ0n) is 14.5. The van der Waals surface area contributed by atoms with Crippen molar-refractivity contribution in [1.29, 1.82) is 0 Å². The molecule has 5 heteroatoms. The minimum Gasteiger partial charge on any atom is -0.508 e. The van der Waals surface area contributed by atoms with Crippen LogP contribution in [0, 0.1) is 5.92 Å². The number of phenols is 2. The van der Waals surface area contributed by atoms with Gasteiger partial charge in [-0.05, 0) is 30.2 Å². The standard InChI is InChI=1S/C22H16O5/c1-12-2-6-15-16(7-3-12)22(27-21(15)25)17-8-4-13(23)10-19(17)26-20-11-14(24)5-9-18(20)22/h2-12,23-24H,1H3. The molecule has 27 heavy (non-hydrogen) atoms. The minimum absolute atomic E-state index is 0.0379. The van der Waals surface area contributed by atoms with Gasteiger partial charge in [0.25, 0.3) is 0 Å². The van der Waals surface area contributed by atoms with E-state index in [2.05, 4.69) is 0 Å². The first-order valence-corrected chi connectivity index (χ1v) is 8.68. The Labute approximate surface area is 155 Å². The van der Waals surface area contributed by atoms with Crippen LogP contribution in [0.15, 0.2) is 71.8 Å². The van der Waals surface area contributed by atoms with Crippen molar-refractivity contribution in [2.45, 2.75) is 12.5 Å². The second kappa shape index (κ2) is 5.27. The molecular weight excluding hydrogens is 344 g/mol. The van der Waals surface area contributed by atoms with Crippen LogP contribution in [0.25, 0.3) is 0 Å². The van der Waals surface area contributed by atoms with Gasteiger partial charge < -0.3 is 19.7 Å². The van der Waals surface area contributed by atoms with Crippen molar-refractivity contribution in [3.05, 3.63) is 83.0 Å². The molecule has 0 radical (unpaired) electrons. The van der Waals surface area contributed by atoms with Crippen LogP contribution in [-0.4, -0.2) is 16.2 Å². The Morgan fingerprint density at radius 2 is 1.52 bits per heavy atom. The molecule has 2 aliphatic heterocycles. The molecule has 134 valence electrons. The minimum atomic E-state index is -1.19. The van der Waals surface area contributed by atoms with E-state index in [0.717, 1.165) is 5.57 Å². The molecule has 0 saturated heterocycles. The highest BCUT2D eigenvalue weighted by molar-refractivity contribution is 5.98. The topological polar surface area (TPSA) is 76.0 Å². The molecule has 2 aromatic rings. The number of esters is 1. The van der Waals surface area contributed by atoms with Crippen molar-refractivity contribution in [3.8, 4) is 23.0 Å². The van der Waals surface area contributed by atoms with E-state index < -0.39 is 11.6 Å². The molecule has 3 aliphatic rings. The number of hydrogen-bond donors (Lipinski definition) is 2. The van der Waals surface area contributed by atoms with Gasteiger partial charge in [0.1, 0.15) is 23.0 Å². The van der Waals surface area contributed by atoms with Gasteiger partial charge >= 0.3 is 5.97 Å². The van der Waals surface area contributed by atoms with Gasteiger partial charge in [-0.2, -0.15) is 0 Å². The van der Waals surface area contributed by atoms with Gasteiger partial charge in [-0.15, -0.1) is 0 Å². The fourth-order valence-electron chi connectivity index (χ4n) is 3.91. The molecule has 0 bridgehead atoms. The van der Waals surface area contributed by atoms with Gasteiger partial charge in [-0.3, -0.25) is 0 Å². The molecule has 1 aliphatic carbocycles. The van der Waals surface area contributed by atoms with Crippen LogP contribution in [0.4, 0.5) is 0 Å². The molecule has 2 aromatic carbocycles. The van der Waals surface area contributed by atoms with Crippen LogP contribution in [0.5, 0.6) is 23.0 Å². The predicted octanol–water partition coefficient (Wildman–Crippen LogP) is 4.06. The SMILES string of the molecule is CC1C=CC2=C(C=C1)C1(OC2=O)c2ccc(O)cc2Oc2cc(O)ccc21. The van der Waals surface area contributed by atoms with E-state index in [0.29, 0.717) is 28.2 Å².